The summed E-state index contributed by atoms with van der Waals surface area (Å²) in [6, 6.07) is 0.108. The molecule has 0 rings (SSSR count). The normalized spacial score (nSPS) is 17.3. The molecule has 5 nitrogen and oxygen atoms in total. The maximum Gasteiger partial charge on any atom is 0.153 e. The molecule has 2 unspecified atom stereocenters. The number of oxime groups is 1. The molecule has 72 valence electrons. The number of rotatable bonds is 5. The smallest absolute Gasteiger partial charge is 0.153 e. The van der Waals surface area contributed by atoms with Gasteiger partial charge in [-0.05, 0) is 6.92 Å². The van der Waals surface area contributed by atoms with Crippen molar-refractivity contribution in [2.45, 2.75) is 13.0 Å². The Kier molecular flexibility index (Phi) is 5.65. The van der Waals surface area contributed by atoms with Gasteiger partial charge in [0.15, 0.2) is 5.84 Å². The van der Waals surface area contributed by atoms with Crippen molar-refractivity contribution in [2.75, 3.05) is 18.6 Å². The Balaban J connectivity index is 3.57. The first-order valence-corrected chi connectivity index (χ1v) is 5.28. The number of hydrogen-bond donors (Lipinski definition) is 3. The van der Waals surface area contributed by atoms with Crippen molar-refractivity contribution in [3.05, 3.63) is 0 Å². The second kappa shape index (κ2) is 5.96. The van der Waals surface area contributed by atoms with Gasteiger partial charge < -0.3 is 16.3 Å². The highest BCUT2D eigenvalue weighted by Crippen LogP contribution is 1.84. The molecule has 0 spiro atoms. The molecule has 0 heterocycles. The van der Waals surface area contributed by atoms with Crippen LogP contribution in [-0.2, 0) is 10.8 Å². The van der Waals surface area contributed by atoms with Crippen molar-refractivity contribution >= 4 is 16.6 Å². The lowest BCUT2D eigenvalue weighted by molar-refractivity contribution is 0.317. The van der Waals surface area contributed by atoms with E-state index in [1.807, 2.05) is 6.92 Å². The largest absolute Gasteiger partial charge is 0.409 e. The fourth-order valence-electron chi connectivity index (χ4n) is 0.725. The Morgan fingerprint density at radius 2 is 2.42 bits per heavy atom. The molecule has 0 aromatic carbocycles. The highest BCUT2D eigenvalue weighted by Gasteiger charge is 2.03. The van der Waals surface area contributed by atoms with Gasteiger partial charge in [-0.15, -0.1) is 0 Å². The van der Waals surface area contributed by atoms with Crippen LogP contribution >= 0.6 is 0 Å². The molecule has 0 fully saturated rings. The minimum Gasteiger partial charge on any atom is -0.409 e. The van der Waals surface area contributed by atoms with Gasteiger partial charge in [-0.2, -0.15) is 0 Å². The van der Waals surface area contributed by atoms with Gasteiger partial charge in [0.1, 0.15) is 0 Å². The van der Waals surface area contributed by atoms with E-state index in [1.54, 1.807) is 6.26 Å². The van der Waals surface area contributed by atoms with Crippen molar-refractivity contribution in [1.29, 1.82) is 0 Å². The number of nitrogens with two attached hydrogens (primary N) is 1. The standard InChI is InChI=1S/C6H15N3O2S/c1-5(4-12(2)11)8-3-6(7)9-10/h5,8,10H,3-4H2,1-2H3,(H2,7,9). The van der Waals surface area contributed by atoms with E-state index in [9.17, 15) is 4.21 Å². The van der Waals surface area contributed by atoms with Gasteiger partial charge in [-0.1, -0.05) is 5.16 Å². The molecule has 0 radical (unpaired) electrons. The summed E-state index contributed by atoms with van der Waals surface area (Å²) in [7, 11) is -0.818. The van der Waals surface area contributed by atoms with Crippen LogP contribution in [-0.4, -0.2) is 39.8 Å². The number of hydrogen-bond acceptors (Lipinski definition) is 4. The summed E-state index contributed by atoms with van der Waals surface area (Å²) >= 11 is 0. The summed E-state index contributed by atoms with van der Waals surface area (Å²) in [6.07, 6.45) is 1.64. The van der Waals surface area contributed by atoms with E-state index < -0.39 is 10.8 Å². The third-order valence-electron chi connectivity index (χ3n) is 1.24. The molecule has 0 saturated carbocycles. The van der Waals surface area contributed by atoms with Crippen LogP contribution in [0, 0.1) is 0 Å². The van der Waals surface area contributed by atoms with Crippen molar-refractivity contribution in [2.24, 2.45) is 10.9 Å². The third-order valence-corrected chi connectivity index (χ3v) is 2.21. The minimum absolute atomic E-state index is 0.108. The van der Waals surface area contributed by atoms with Gasteiger partial charge in [0.2, 0.25) is 0 Å². The summed E-state index contributed by atoms with van der Waals surface area (Å²) in [5.74, 6) is 0.697. The van der Waals surface area contributed by atoms with Crippen LogP contribution in [0.3, 0.4) is 0 Å². The summed E-state index contributed by atoms with van der Waals surface area (Å²) in [6.45, 7) is 2.21. The van der Waals surface area contributed by atoms with Gasteiger partial charge in [0.25, 0.3) is 0 Å². The molecule has 0 aliphatic heterocycles. The predicted octanol–water partition coefficient (Wildman–Crippen LogP) is -0.911. The second-order valence-corrected chi connectivity index (χ2v) is 4.09. The van der Waals surface area contributed by atoms with Gasteiger partial charge in [0, 0.05) is 28.9 Å². The highest BCUT2D eigenvalue weighted by molar-refractivity contribution is 7.84. The molecule has 6 heteroatoms. The van der Waals surface area contributed by atoms with Crippen molar-refractivity contribution in [3.63, 3.8) is 0 Å². The van der Waals surface area contributed by atoms with Gasteiger partial charge in [-0.3, -0.25) is 4.21 Å². The van der Waals surface area contributed by atoms with Crippen LogP contribution in [0.25, 0.3) is 0 Å². The average molecular weight is 193 g/mol. The van der Waals surface area contributed by atoms with Crippen LogP contribution in [0.1, 0.15) is 6.92 Å². The highest BCUT2D eigenvalue weighted by atomic mass is 32.2. The lowest BCUT2D eigenvalue weighted by Crippen LogP contribution is -2.37. The number of amidine groups is 1. The third kappa shape index (κ3) is 6.11. The Labute approximate surface area is 74.5 Å². The topological polar surface area (TPSA) is 87.7 Å². The molecular formula is C6H15N3O2S. The number of nitrogens with one attached hydrogen (secondary N) is 1. The van der Waals surface area contributed by atoms with E-state index >= 15 is 0 Å². The summed E-state index contributed by atoms with van der Waals surface area (Å²) in [4.78, 5) is 0. The van der Waals surface area contributed by atoms with Crippen LogP contribution in [0.15, 0.2) is 5.16 Å². The average Bonchev–Trinajstić information content (AvgIpc) is 1.99. The lowest BCUT2D eigenvalue weighted by atomic mass is 10.4. The molecule has 0 bridgehead atoms. The quantitative estimate of drug-likeness (QED) is 0.228. The Bertz CT molecular complexity index is 184. The predicted molar refractivity (Wildman–Crippen MR) is 49.8 cm³/mol. The summed E-state index contributed by atoms with van der Waals surface area (Å²) < 4.78 is 10.7. The van der Waals surface area contributed by atoms with Gasteiger partial charge in [0.05, 0.1) is 6.54 Å². The van der Waals surface area contributed by atoms with Crippen LogP contribution < -0.4 is 11.1 Å². The zero-order chi connectivity index (χ0) is 9.56. The Hall–Kier alpha value is -0.620. The molecule has 0 aliphatic carbocycles. The van der Waals surface area contributed by atoms with E-state index in [0.29, 0.717) is 12.3 Å². The second-order valence-electron chi connectivity index (χ2n) is 2.61. The van der Waals surface area contributed by atoms with E-state index in [2.05, 4.69) is 10.5 Å². The van der Waals surface area contributed by atoms with E-state index in [4.69, 9.17) is 10.9 Å². The SMILES string of the molecule is CC(CS(C)=O)NCC(N)=NO. The zero-order valence-electron chi connectivity index (χ0n) is 7.28. The maximum absolute atomic E-state index is 10.7. The lowest BCUT2D eigenvalue weighted by Gasteiger charge is -2.10. The molecule has 0 aromatic heterocycles. The number of nitrogens with zero attached hydrogens (tertiary/aromatic N) is 1. The molecule has 0 aliphatic rings. The molecule has 2 atom stereocenters. The molecular weight excluding hydrogens is 178 g/mol. The van der Waals surface area contributed by atoms with Crippen molar-refractivity contribution in [3.8, 4) is 0 Å². The molecule has 0 saturated heterocycles. The first-order chi connectivity index (χ1) is 5.56. The first-order valence-electron chi connectivity index (χ1n) is 3.56. The van der Waals surface area contributed by atoms with Crippen LogP contribution in [0.2, 0.25) is 0 Å². The summed E-state index contributed by atoms with van der Waals surface area (Å²) in [5, 5.41) is 13.9. The molecule has 12 heavy (non-hydrogen) atoms. The van der Waals surface area contributed by atoms with E-state index in [0.717, 1.165) is 0 Å². The Morgan fingerprint density at radius 3 is 2.83 bits per heavy atom. The monoisotopic (exact) mass is 193 g/mol. The van der Waals surface area contributed by atoms with Gasteiger partial charge >= 0.3 is 0 Å². The van der Waals surface area contributed by atoms with Crippen LogP contribution in [0.5, 0.6) is 0 Å². The Morgan fingerprint density at radius 1 is 1.83 bits per heavy atom. The zero-order valence-corrected chi connectivity index (χ0v) is 8.10. The molecule has 4 N–H and O–H groups in total. The first kappa shape index (κ1) is 11.4. The fourth-order valence-corrected chi connectivity index (χ4v) is 1.55. The summed E-state index contributed by atoms with van der Waals surface area (Å²) in [5.41, 5.74) is 5.21. The maximum atomic E-state index is 10.7. The van der Waals surface area contributed by atoms with E-state index in [1.165, 1.54) is 0 Å². The molecule has 0 amide bonds. The van der Waals surface area contributed by atoms with Gasteiger partial charge in [-0.25, -0.2) is 0 Å². The van der Waals surface area contributed by atoms with E-state index in [-0.39, 0.29) is 11.9 Å². The van der Waals surface area contributed by atoms with Crippen LogP contribution in [0.4, 0.5) is 0 Å². The minimum atomic E-state index is -0.818. The fraction of sp³-hybridized carbons (Fsp3) is 0.833. The van der Waals surface area contributed by atoms with Crippen molar-refractivity contribution < 1.29 is 9.42 Å². The molecule has 0 aromatic rings. The van der Waals surface area contributed by atoms with Crippen molar-refractivity contribution in [1.82, 2.24) is 5.32 Å².